The second-order valence-electron chi connectivity index (χ2n) is 5.20. The monoisotopic (exact) mass is 334 g/mol. The highest BCUT2D eigenvalue weighted by molar-refractivity contribution is 5.79. The van der Waals surface area contributed by atoms with Gasteiger partial charge in [-0.2, -0.15) is 0 Å². The molecule has 3 N–H and O–H groups in total. The third kappa shape index (κ3) is 4.94. The van der Waals surface area contributed by atoms with E-state index in [1.165, 1.54) is 12.1 Å². The number of rotatable bonds is 7. The number of aromatic nitrogens is 3. The molecule has 24 heavy (non-hydrogen) atoms. The first-order valence-electron chi connectivity index (χ1n) is 8.00. The number of hydrogen-bond donors (Lipinski definition) is 3. The summed E-state index contributed by atoms with van der Waals surface area (Å²) in [6, 6.07) is 4.27. The second-order valence-corrected chi connectivity index (χ2v) is 5.20. The molecule has 1 aromatic heterocycles. The van der Waals surface area contributed by atoms with E-state index in [-0.39, 0.29) is 5.75 Å². The average molecular weight is 334 g/mol. The maximum Gasteiger partial charge on any atom is 0.191 e. The SMILES string of the molecule is CCNC(=NCc1ccc(O)c(F)c1)NCCn1cnnc1CC. The zero-order chi connectivity index (χ0) is 17.4. The molecule has 130 valence electrons. The number of guanidine groups is 1. The van der Waals surface area contributed by atoms with Crippen molar-refractivity contribution < 1.29 is 9.50 Å². The van der Waals surface area contributed by atoms with Gasteiger partial charge in [-0.15, -0.1) is 10.2 Å². The van der Waals surface area contributed by atoms with Crippen LogP contribution in [-0.2, 0) is 19.5 Å². The molecule has 0 fully saturated rings. The lowest BCUT2D eigenvalue weighted by Gasteiger charge is -2.12. The molecule has 0 spiro atoms. The van der Waals surface area contributed by atoms with Gasteiger partial charge in [-0.1, -0.05) is 13.0 Å². The van der Waals surface area contributed by atoms with Crippen LogP contribution in [-0.4, -0.2) is 38.9 Å². The Morgan fingerprint density at radius 2 is 2.17 bits per heavy atom. The van der Waals surface area contributed by atoms with Crippen LogP contribution in [0, 0.1) is 5.82 Å². The van der Waals surface area contributed by atoms with E-state index in [2.05, 4.69) is 25.8 Å². The van der Waals surface area contributed by atoms with Gasteiger partial charge in [-0.25, -0.2) is 9.38 Å². The Labute approximate surface area is 140 Å². The van der Waals surface area contributed by atoms with Gasteiger partial charge in [0, 0.05) is 26.1 Å². The van der Waals surface area contributed by atoms with E-state index in [1.54, 1.807) is 12.4 Å². The predicted octanol–water partition coefficient (Wildman–Crippen LogP) is 1.44. The molecule has 1 aromatic carbocycles. The number of aromatic hydroxyl groups is 1. The standard InChI is InChI=1S/C16H23FN6O/c1-3-15-22-21-11-23(15)8-7-19-16(18-4-2)20-10-12-5-6-14(24)13(17)9-12/h5-6,9,11,24H,3-4,7-8,10H2,1-2H3,(H2,18,19,20). The molecule has 8 heteroatoms. The van der Waals surface area contributed by atoms with Crippen LogP contribution in [0.5, 0.6) is 5.75 Å². The Morgan fingerprint density at radius 3 is 2.88 bits per heavy atom. The van der Waals surface area contributed by atoms with Crippen LogP contribution < -0.4 is 10.6 Å². The Morgan fingerprint density at radius 1 is 1.33 bits per heavy atom. The van der Waals surface area contributed by atoms with Crippen molar-refractivity contribution in [2.75, 3.05) is 13.1 Å². The van der Waals surface area contributed by atoms with Gasteiger partial charge in [0.05, 0.1) is 6.54 Å². The fourth-order valence-corrected chi connectivity index (χ4v) is 2.20. The number of phenols is 1. The van der Waals surface area contributed by atoms with Gasteiger partial charge in [-0.3, -0.25) is 0 Å². The number of phenolic OH excluding ortho intramolecular Hbond substituents is 1. The van der Waals surface area contributed by atoms with Crippen LogP contribution >= 0.6 is 0 Å². The minimum Gasteiger partial charge on any atom is -0.505 e. The van der Waals surface area contributed by atoms with Crippen molar-refractivity contribution in [2.45, 2.75) is 33.4 Å². The zero-order valence-corrected chi connectivity index (χ0v) is 14.0. The smallest absolute Gasteiger partial charge is 0.191 e. The molecule has 0 radical (unpaired) electrons. The number of nitrogens with zero attached hydrogens (tertiary/aromatic N) is 4. The van der Waals surface area contributed by atoms with E-state index < -0.39 is 5.82 Å². The Bertz CT molecular complexity index is 685. The largest absolute Gasteiger partial charge is 0.505 e. The van der Waals surface area contributed by atoms with Gasteiger partial charge in [-0.05, 0) is 24.6 Å². The highest BCUT2D eigenvalue weighted by Gasteiger charge is 2.04. The van der Waals surface area contributed by atoms with Gasteiger partial charge >= 0.3 is 0 Å². The molecule has 0 aliphatic heterocycles. The van der Waals surface area contributed by atoms with Crippen LogP contribution in [0.2, 0.25) is 0 Å². The molecule has 0 amide bonds. The highest BCUT2D eigenvalue weighted by Crippen LogP contribution is 2.16. The molecule has 7 nitrogen and oxygen atoms in total. The van der Waals surface area contributed by atoms with Crippen LogP contribution in [0.25, 0.3) is 0 Å². The lowest BCUT2D eigenvalue weighted by molar-refractivity contribution is 0.432. The maximum absolute atomic E-state index is 13.3. The molecule has 0 saturated carbocycles. The van der Waals surface area contributed by atoms with Crippen LogP contribution in [0.1, 0.15) is 25.2 Å². The maximum atomic E-state index is 13.3. The summed E-state index contributed by atoms with van der Waals surface area (Å²) in [6.45, 7) is 6.46. The number of aliphatic imine (C=N–C) groups is 1. The first kappa shape index (κ1) is 17.7. The molecule has 1 heterocycles. The summed E-state index contributed by atoms with van der Waals surface area (Å²) in [6.07, 6.45) is 2.55. The third-order valence-electron chi connectivity index (χ3n) is 3.43. The van der Waals surface area contributed by atoms with E-state index in [0.717, 1.165) is 25.3 Å². The summed E-state index contributed by atoms with van der Waals surface area (Å²) in [5, 5.41) is 23.5. The minimum absolute atomic E-state index is 0.319. The topological polar surface area (TPSA) is 87.4 Å². The van der Waals surface area contributed by atoms with E-state index in [1.807, 2.05) is 18.4 Å². The van der Waals surface area contributed by atoms with Gasteiger partial charge in [0.15, 0.2) is 17.5 Å². The number of nitrogens with one attached hydrogen (secondary N) is 2. The fourth-order valence-electron chi connectivity index (χ4n) is 2.20. The van der Waals surface area contributed by atoms with Gasteiger partial charge in [0.25, 0.3) is 0 Å². The molecule has 0 aliphatic rings. The van der Waals surface area contributed by atoms with Crippen molar-refractivity contribution in [1.82, 2.24) is 25.4 Å². The predicted molar refractivity (Wildman–Crippen MR) is 90.3 cm³/mol. The normalized spacial score (nSPS) is 11.5. The van der Waals surface area contributed by atoms with Crippen molar-refractivity contribution in [3.05, 3.63) is 41.7 Å². The zero-order valence-electron chi connectivity index (χ0n) is 14.0. The van der Waals surface area contributed by atoms with Gasteiger partial charge in [0.2, 0.25) is 0 Å². The van der Waals surface area contributed by atoms with Crippen molar-refractivity contribution in [2.24, 2.45) is 4.99 Å². The average Bonchev–Trinajstić information content (AvgIpc) is 3.03. The molecule has 0 unspecified atom stereocenters. The van der Waals surface area contributed by atoms with Gasteiger partial charge < -0.3 is 20.3 Å². The summed E-state index contributed by atoms with van der Waals surface area (Å²) in [5.41, 5.74) is 0.689. The molecule has 2 rings (SSSR count). The first-order chi connectivity index (χ1) is 11.6. The molecule has 0 saturated heterocycles. The molecule has 0 atom stereocenters. The Hall–Kier alpha value is -2.64. The van der Waals surface area contributed by atoms with E-state index in [0.29, 0.717) is 24.6 Å². The van der Waals surface area contributed by atoms with Crippen LogP contribution in [0.4, 0.5) is 4.39 Å². The van der Waals surface area contributed by atoms with Crippen molar-refractivity contribution in [3.8, 4) is 5.75 Å². The Balaban J connectivity index is 1.91. The van der Waals surface area contributed by atoms with E-state index >= 15 is 0 Å². The van der Waals surface area contributed by atoms with E-state index in [4.69, 9.17) is 0 Å². The third-order valence-corrected chi connectivity index (χ3v) is 3.43. The second kappa shape index (κ2) is 8.85. The summed E-state index contributed by atoms with van der Waals surface area (Å²) in [4.78, 5) is 4.42. The number of aryl methyl sites for hydroxylation is 1. The van der Waals surface area contributed by atoms with Crippen molar-refractivity contribution in [1.29, 1.82) is 0 Å². The first-order valence-corrected chi connectivity index (χ1v) is 8.00. The van der Waals surface area contributed by atoms with Gasteiger partial charge in [0.1, 0.15) is 12.2 Å². The number of halogens is 1. The lowest BCUT2D eigenvalue weighted by atomic mass is 10.2. The fraction of sp³-hybridized carbons (Fsp3) is 0.438. The quantitative estimate of drug-likeness (QED) is 0.527. The van der Waals surface area contributed by atoms with Crippen molar-refractivity contribution in [3.63, 3.8) is 0 Å². The highest BCUT2D eigenvalue weighted by atomic mass is 19.1. The lowest BCUT2D eigenvalue weighted by Crippen LogP contribution is -2.38. The van der Waals surface area contributed by atoms with Crippen molar-refractivity contribution >= 4 is 5.96 Å². The molecular weight excluding hydrogens is 311 g/mol. The van der Waals surface area contributed by atoms with Crippen LogP contribution in [0.3, 0.4) is 0 Å². The number of benzene rings is 1. The summed E-state index contributed by atoms with van der Waals surface area (Å²) < 4.78 is 15.3. The van der Waals surface area contributed by atoms with E-state index in [9.17, 15) is 9.50 Å². The van der Waals surface area contributed by atoms with Crippen LogP contribution in [0.15, 0.2) is 29.5 Å². The molecular formula is C16H23FN6O. The molecule has 0 aliphatic carbocycles. The summed E-state index contributed by atoms with van der Waals surface area (Å²) in [5.74, 6) is 0.601. The summed E-state index contributed by atoms with van der Waals surface area (Å²) >= 11 is 0. The molecule has 0 bridgehead atoms. The minimum atomic E-state index is -0.639. The Kier molecular flexibility index (Phi) is 6.53. The number of hydrogen-bond acceptors (Lipinski definition) is 4. The molecule has 2 aromatic rings. The summed E-state index contributed by atoms with van der Waals surface area (Å²) in [7, 11) is 0.